The lowest BCUT2D eigenvalue weighted by atomic mass is 10.1. The molecule has 0 saturated heterocycles. The van der Waals surface area contributed by atoms with Gasteiger partial charge in [-0.15, -0.1) is 0 Å². The van der Waals surface area contributed by atoms with Crippen molar-refractivity contribution in [1.29, 1.82) is 0 Å². The summed E-state index contributed by atoms with van der Waals surface area (Å²) < 4.78 is 0. The molecule has 5 nitrogen and oxygen atoms in total. The smallest absolute Gasteiger partial charge is 0.224 e. The van der Waals surface area contributed by atoms with Crippen LogP contribution in [0.1, 0.15) is 11.3 Å². The number of benzene rings is 2. The fourth-order valence-corrected chi connectivity index (χ4v) is 2.54. The number of phenols is 1. The summed E-state index contributed by atoms with van der Waals surface area (Å²) in [6, 6.07) is 16.8. The van der Waals surface area contributed by atoms with Crippen LogP contribution in [0.5, 0.6) is 5.75 Å². The molecule has 24 heavy (non-hydrogen) atoms. The van der Waals surface area contributed by atoms with E-state index in [1.54, 1.807) is 12.1 Å². The summed E-state index contributed by atoms with van der Waals surface area (Å²) in [5, 5.41) is 13.4. The van der Waals surface area contributed by atoms with Crippen molar-refractivity contribution in [2.75, 3.05) is 12.3 Å². The number of aromatic hydroxyl groups is 1. The van der Waals surface area contributed by atoms with Crippen molar-refractivity contribution < 1.29 is 9.90 Å². The Morgan fingerprint density at radius 2 is 1.96 bits per heavy atom. The maximum absolute atomic E-state index is 12.0. The fraction of sp³-hybridized carbons (Fsp3) is 0.158. The molecule has 0 spiro atoms. The second kappa shape index (κ2) is 7.00. The van der Waals surface area contributed by atoms with Gasteiger partial charge >= 0.3 is 0 Å². The molecule has 1 heterocycles. The average molecular weight is 321 g/mol. The Labute approximate surface area is 140 Å². The number of fused-ring (bicyclic) bond motifs is 1. The number of carbonyl (C=O) groups is 1. The highest BCUT2D eigenvalue weighted by atomic mass is 16.3. The number of rotatable bonds is 5. The average Bonchev–Trinajstić information content (AvgIpc) is 2.58. The van der Waals surface area contributed by atoms with Crippen LogP contribution in [0, 0.1) is 0 Å². The fourth-order valence-electron chi connectivity index (χ4n) is 2.54. The molecule has 1 amide bonds. The molecule has 0 atom stereocenters. The van der Waals surface area contributed by atoms with E-state index in [0.29, 0.717) is 13.0 Å². The third-order valence-electron chi connectivity index (χ3n) is 3.82. The number of amides is 1. The van der Waals surface area contributed by atoms with Gasteiger partial charge in [0.2, 0.25) is 5.91 Å². The molecule has 0 aliphatic carbocycles. The first-order valence-electron chi connectivity index (χ1n) is 7.80. The molecule has 4 N–H and O–H groups in total. The number of nitrogen functional groups attached to an aromatic ring is 1. The molecule has 0 bridgehead atoms. The monoisotopic (exact) mass is 321 g/mol. The van der Waals surface area contributed by atoms with Gasteiger partial charge in [-0.05, 0) is 29.8 Å². The maximum atomic E-state index is 12.0. The third-order valence-corrected chi connectivity index (χ3v) is 3.82. The number of anilines is 1. The first kappa shape index (κ1) is 15.8. The van der Waals surface area contributed by atoms with Crippen LogP contribution in [0.25, 0.3) is 10.9 Å². The van der Waals surface area contributed by atoms with Gasteiger partial charge in [-0.2, -0.15) is 0 Å². The molecule has 0 aliphatic heterocycles. The Kier molecular flexibility index (Phi) is 4.61. The molecular formula is C19H19N3O2. The zero-order chi connectivity index (χ0) is 16.9. The predicted octanol–water partition coefficient (Wildman–Crippen LogP) is 2.42. The highest BCUT2D eigenvalue weighted by Gasteiger charge is 2.06. The van der Waals surface area contributed by atoms with Crippen molar-refractivity contribution in [2.24, 2.45) is 0 Å². The Hall–Kier alpha value is -3.08. The summed E-state index contributed by atoms with van der Waals surface area (Å²) in [5.74, 6) is -0.0533. The van der Waals surface area contributed by atoms with E-state index in [1.807, 2.05) is 36.4 Å². The summed E-state index contributed by atoms with van der Waals surface area (Å²) in [5.41, 5.74) is 8.58. The zero-order valence-electron chi connectivity index (χ0n) is 13.2. The van der Waals surface area contributed by atoms with E-state index in [4.69, 9.17) is 5.73 Å². The lowest BCUT2D eigenvalue weighted by Crippen LogP contribution is -2.27. The topological polar surface area (TPSA) is 88.2 Å². The number of nitrogens with two attached hydrogens (primary N) is 1. The van der Waals surface area contributed by atoms with Crippen molar-refractivity contribution in [3.8, 4) is 5.75 Å². The van der Waals surface area contributed by atoms with Gasteiger partial charge in [-0.3, -0.25) is 9.78 Å². The Morgan fingerprint density at radius 1 is 1.12 bits per heavy atom. The number of phenolic OH excluding ortho intramolecular Hbond substituents is 1. The van der Waals surface area contributed by atoms with Crippen LogP contribution < -0.4 is 11.1 Å². The Bertz CT molecular complexity index is 877. The van der Waals surface area contributed by atoms with Crippen LogP contribution in [-0.2, 0) is 17.6 Å². The molecule has 0 unspecified atom stereocenters. The Balaban J connectivity index is 1.53. The van der Waals surface area contributed by atoms with Crippen molar-refractivity contribution in [3.05, 3.63) is 65.9 Å². The molecule has 3 aromatic rings. The molecule has 3 rings (SSSR count). The number of aromatic nitrogens is 1. The summed E-state index contributed by atoms with van der Waals surface area (Å²) >= 11 is 0. The van der Waals surface area contributed by atoms with Gasteiger partial charge in [0, 0.05) is 24.0 Å². The van der Waals surface area contributed by atoms with Crippen LogP contribution >= 0.6 is 0 Å². The van der Waals surface area contributed by atoms with Gasteiger partial charge in [0.05, 0.1) is 17.6 Å². The lowest BCUT2D eigenvalue weighted by molar-refractivity contribution is -0.120. The van der Waals surface area contributed by atoms with Gasteiger partial charge < -0.3 is 16.2 Å². The number of nitrogens with one attached hydrogen (secondary N) is 1. The maximum Gasteiger partial charge on any atom is 0.224 e. The third kappa shape index (κ3) is 3.81. The minimum Gasteiger partial charge on any atom is -0.506 e. The first-order chi connectivity index (χ1) is 11.6. The van der Waals surface area contributed by atoms with Crippen molar-refractivity contribution in [1.82, 2.24) is 10.3 Å². The number of pyridine rings is 1. The molecular weight excluding hydrogens is 302 g/mol. The van der Waals surface area contributed by atoms with Crippen LogP contribution in [0.4, 0.5) is 5.69 Å². The van der Waals surface area contributed by atoms with Crippen LogP contribution in [-0.4, -0.2) is 22.5 Å². The first-order valence-corrected chi connectivity index (χ1v) is 7.80. The van der Waals surface area contributed by atoms with Gasteiger partial charge in [-0.25, -0.2) is 0 Å². The van der Waals surface area contributed by atoms with Crippen molar-refractivity contribution in [3.63, 3.8) is 0 Å². The van der Waals surface area contributed by atoms with Crippen molar-refractivity contribution >= 4 is 22.5 Å². The molecule has 0 radical (unpaired) electrons. The van der Waals surface area contributed by atoms with Gasteiger partial charge in [0.15, 0.2) is 0 Å². The normalized spacial score (nSPS) is 10.7. The molecule has 2 aromatic carbocycles. The zero-order valence-corrected chi connectivity index (χ0v) is 13.2. The standard InChI is InChI=1S/C19H19N3O2/c20-16-11-13(5-8-18(16)23)12-19(24)21-10-9-15-7-6-14-3-1-2-4-17(14)22-15/h1-8,11,23H,9-10,12,20H2,(H,21,24). The van der Waals surface area contributed by atoms with Gasteiger partial charge in [0.25, 0.3) is 0 Å². The van der Waals surface area contributed by atoms with Gasteiger partial charge in [0.1, 0.15) is 5.75 Å². The lowest BCUT2D eigenvalue weighted by Gasteiger charge is -2.07. The second-order valence-corrected chi connectivity index (χ2v) is 5.67. The minimum absolute atomic E-state index is 0.0292. The highest BCUT2D eigenvalue weighted by molar-refractivity contribution is 5.79. The van der Waals surface area contributed by atoms with E-state index < -0.39 is 0 Å². The van der Waals surface area contributed by atoms with Crippen LogP contribution in [0.2, 0.25) is 0 Å². The second-order valence-electron chi connectivity index (χ2n) is 5.67. The summed E-state index contributed by atoms with van der Waals surface area (Å²) in [6.45, 7) is 0.526. The summed E-state index contributed by atoms with van der Waals surface area (Å²) in [4.78, 5) is 16.6. The van der Waals surface area contributed by atoms with Crippen molar-refractivity contribution in [2.45, 2.75) is 12.8 Å². The van der Waals surface area contributed by atoms with E-state index in [-0.39, 0.29) is 23.8 Å². The number of para-hydroxylation sites is 1. The highest BCUT2D eigenvalue weighted by Crippen LogP contribution is 2.20. The Morgan fingerprint density at radius 3 is 2.79 bits per heavy atom. The number of carbonyl (C=O) groups excluding carboxylic acids is 1. The molecule has 0 fully saturated rings. The number of hydrogen-bond donors (Lipinski definition) is 3. The molecule has 0 saturated carbocycles. The number of nitrogens with zero attached hydrogens (tertiary/aromatic N) is 1. The quantitative estimate of drug-likeness (QED) is 0.497. The molecule has 122 valence electrons. The van der Waals surface area contributed by atoms with E-state index in [0.717, 1.165) is 22.2 Å². The van der Waals surface area contributed by atoms with E-state index in [9.17, 15) is 9.90 Å². The van der Waals surface area contributed by atoms with Crippen LogP contribution in [0.3, 0.4) is 0 Å². The van der Waals surface area contributed by atoms with E-state index >= 15 is 0 Å². The summed E-state index contributed by atoms with van der Waals surface area (Å²) in [6.07, 6.45) is 0.907. The largest absolute Gasteiger partial charge is 0.506 e. The summed E-state index contributed by atoms with van der Waals surface area (Å²) in [7, 11) is 0. The molecule has 0 aliphatic rings. The predicted molar refractivity (Wildman–Crippen MR) is 94.7 cm³/mol. The van der Waals surface area contributed by atoms with Gasteiger partial charge in [-0.1, -0.05) is 30.3 Å². The molecule has 5 heteroatoms. The number of hydrogen-bond acceptors (Lipinski definition) is 4. The van der Waals surface area contributed by atoms with E-state index in [2.05, 4.69) is 10.3 Å². The van der Waals surface area contributed by atoms with Crippen LogP contribution in [0.15, 0.2) is 54.6 Å². The molecule has 1 aromatic heterocycles. The SMILES string of the molecule is Nc1cc(CC(=O)NCCc2ccc3ccccc3n2)ccc1O. The van der Waals surface area contributed by atoms with E-state index in [1.165, 1.54) is 6.07 Å². The minimum atomic E-state index is -0.0825.